The van der Waals surface area contributed by atoms with E-state index in [1.807, 2.05) is 0 Å². The predicted octanol–water partition coefficient (Wildman–Crippen LogP) is 2.74. The normalized spacial score (nSPS) is 22.6. The van der Waals surface area contributed by atoms with Gasteiger partial charge in [0.05, 0.1) is 12.7 Å². The van der Waals surface area contributed by atoms with Crippen LogP contribution in [0.15, 0.2) is 24.5 Å². The van der Waals surface area contributed by atoms with E-state index in [9.17, 15) is 23.7 Å². The van der Waals surface area contributed by atoms with Crippen molar-refractivity contribution in [3.05, 3.63) is 30.1 Å². The van der Waals surface area contributed by atoms with E-state index >= 15 is 4.39 Å². The Hall–Kier alpha value is -2.97. The minimum absolute atomic E-state index is 0.0787. The summed E-state index contributed by atoms with van der Waals surface area (Å²) in [5.41, 5.74) is 0.614. The fraction of sp³-hybridized carbons (Fsp3) is 0.625. The Bertz CT molecular complexity index is 1060. The predicted molar refractivity (Wildman–Crippen MR) is 131 cm³/mol. The van der Waals surface area contributed by atoms with Crippen LogP contribution >= 0.6 is 7.82 Å². The maximum absolute atomic E-state index is 15.3. The Morgan fingerprint density at radius 2 is 1.60 bits per heavy atom. The monoisotopic (exact) mass is 593 g/mol. The molecule has 2 heterocycles. The summed E-state index contributed by atoms with van der Waals surface area (Å²) in [7, 11) is -4.50. The fourth-order valence-corrected chi connectivity index (χ4v) is 5.00. The average Bonchev–Trinajstić information content (AvgIpc) is 2.87. The second kappa shape index (κ2) is 15.7. The van der Waals surface area contributed by atoms with Gasteiger partial charge in [0.1, 0.15) is 25.4 Å². The first kappa shape index (κ1) is 33.2. The zero-order valence-electron chi connectivity index (χ0n) is 22.7. The first-order valence-corrected chi connectivity index (χ1v) is 13.7. The van der Waals surface area contributed by atoms with Gasteiger partial charge in [-0.1, -0.05) is 0 Å². The van der Waals surface area contributed by atoms with E-state index in [-0.39, 0.29) is 6.61 Å². The van der Waals surface area contributed by atoms with E-state index in [0.717, 1.165) is 27.7 Å². The van der Waals surface area contributed by atoms with Crippen molar-refractivity contribution in [1.82, 2.24) is 4.98 Å². The van der Waals surface area contributed by atoms with Gasteiger partial charge in [0.2, 0.25) is 6.29 Å². The number of halogens is 1. The van der Waals surface area contributed by atoms with Crippen LogP contribution in [0.2, 0.25) is 0 Å². The van der Waals surface area contributed by atoms with Crippen LogP contribution in [0, 0.1) is 0 Å². The van der Waals surface area contributed by atoms with Crippen molar-refractivity contribution in [2.75, 3.05) is 19.8 Å². The molecular weight excluding hydrogens is 560 g/mol. The van der Waals surface area contributed by atoms with Crippen LogP contribution in [0.4, 0.5) is 4.39 Å². The number of ether oxygens (including phenoxy) is 5. The van der Waals surface area contributed by atoms with Crippen LogP contribution in [-0.4, -0.2) is 79.5 Å². The molecule has 40 heavy (non-hydrogen) atoms. The molecule has 1 aliphatic rings. The van der Waals surface area contributed by atoms with Crippen LogP contribution in [0.5, 0.6) is 0 Å². The Morgan fingerprint density at radius 1 is 1.00 bits per heavy atom. The summed E-state index contributed by atoms with van der Waals surface area (Å²) < 4.78 is 71.0. The van der Waals surface area contributed by atoms with Crippen LogP contribution in [-0.2, 0) is 61.0 Å². The minimum atomic E-state index is -4.50. The molecule has 0 amide bonds. The minimum Gasteiger partial charge on any atom is -0.463 e. The van der Waals surface area contributed by atoms with Crippen molar-refractivity contribution in [3.63, 3.8) is 0 Å². The SMILES string of the molecule is CC(=O)OC[C@H](F)C(O[C@H](OP1(=O)OCC[C@H](c2ccncc2)O1)[C@@H](COC(C)=O)OC(C)=O)[C@H](C)OC(C)=O. The van der Waals surface area contributed by atoms with Gasteiger partial charge in [-0.05, 0) is 24.6 Å². The fourth-order valence-electron chi connectivity index (χ4n) is 3.53. The number of esters is 4. The van der Waals surface area contributed by atoms with Gasteiger partial charge in [-0.2, -0.15) is 0 Å². The Morgan fingerprint density at radius 3 is 2.17 bits per heavy atom. The summed E-state index contributed by atoms with van der Waals surface area (Å²) in [5.74, 6) is -3.23. The van der Waals surface area contributed by atoms with Crippen molar-refractivity contribution in [2.24, 2.45) is 0 Å². The zero-order chi connectivity index (χ0) is 29.9. The summed E-state index contributed by atoms with van der Waals surface area (Å²) in [4.78, 5) is 50.1. The van der Waals surface area contributed by atoms with E-state index in [4.69, 9.17) is 37.3 Å². The molecule has 2 unspecified atom stereocenters. The molecule has 0 spiro atoms. The number of pyridine rings is 1. The highest BCUT2D eigenvalue weighted by atomic mass is 31.2. The van der Waals surface area contributed by atoms with Gasteiger partial charge in [-0.25, -0.2) is 8.96 Å². The first-order chi connectivity index (χ1) is 18.8. The molecule has 16 heteroatoms. The Balaban J connectivity index is 2.42. The molecule has 1 aliphatic heterocycles. The number of phosphoric ester groups is 1. The summed E-state index contributed by atoms with van der Waals surface area (Å²) in [6, 6.07) is 3.27. The third-order valence-electron chi connectivity index (χ3n) is 5.18. The number of hydrogen-bond acceptors (Lipinski definition) is 14. The molecule has 1 fully saturated rings. The zero-order valence-corrected chi connectivity index (χ0v) is 23.6. The number of carbonyl (C=O) groups excluding carboxylic acids is 4. The number of carbonyl (C=O) groups is 4. The van der Waals surface area contributed by atoms with Crippen LogP contribution in [0.3, 0.4) is 0 Å². The highest BCUT2D eigenvalue weighted by molar-refractivity contribution is 7.48. The lowest BCUT2D eigenvalue weighted by molar-refractivity contribution is -0.236. The quantitative estimate of drug-likeness (QED) is 0.133. The molecule has 0 N–H and O–H groups in total. The second-order valence-electron chi connectivity index (χ2n) is 8.60. The van der Waals surface area contributed by atoms with Crippen LogP contribution in [0.25, 0.3) is 0 Å². The highest BCUT2D eigenvalue weighted by Crippen LogP contribution is 2.58. The number of nitrogens with zero attached hydrogens (tertiary/aromatic N) is 1. The molecule has 0 bridgehead atoms. The Kier molecular flexibility index (Phi) is 13.1. The summed E-state index contributed by atoms with van der Waals surface area (Å²) >= 11 is 0. The van der Waals surface area contributed by atoms with Crippen molar-refractivity contribution in [3.8, 4) is 0 Å². The first-order valence-electron chi connectivity index (χ1n) is 12.2. The number of aromatic nitrogens is 1. The van der Waals surface area contributed by atoms with E-state index in [2.05, 4.69) is 4.98 Å². The maximum Gasteiger partial charge on any atom is 0.477 e. The summed E-state index contributed by atoms with van der Waals surface area (Å²) in [6.07, 6.45) is -6.18. The third kappa shape index (κ3) is 11.3. The molecule has 2 rings (SSSR count). The molecule has 1 aromatic rings. The Labute approximate surface area is 230 Å². The summed E-state index contributed by atoms with van der Waals surface area (Å²) in [5, 5.41) is 0. The van der Waals surface area contributed by atoms with Gasteiger partial charge >= 0.3 is 31.7 Å². The molecule has 1 aromatic heterocycles. The van der Waals surface area contributed by atoms with Crippen LogP contribution < -0.4 is 0 Å². The largest absolute Gasteiger partial charge is 0.477 e. The molecule has 1 saturated heterocycles. The van der Waals surface area contributed by atoms with Gasteiger partial charge in [-0.15, -0.1) is 0 Å². The van der Waals surface area contributed by atoms with Gasteiger partial charge in [0.25, 0.3) is 0 Å². The number of alkyl halides is 1. The molecule has 224 valence electrons. The van der Waals surface area contributed by atoms with Gasteiger partial charge in [-0.3, -0.25) is 37.7 Å². The van der Waals surface area contributed by atoms with Crippen molar-refractivity contribution >= 4 is 31.7 Å². The smallest absolute Gasteiger partial charge is 0.463 e. The van der Waals surface area contributed by atoms with E-state index in [1.54, 1.807) is 12.1 Å². The molecule has 14 nitrogen and oxygen atoms in total. The molecule has 0 saturated carbocycles. The lowest BCUT2D eigenvalue weighted by Gasteiger charge is -2.36. The highest BCUT2D eigenvalue weighted by Gasteiger charge is 2.45. The van der Waals surface area contributed by atoms with Crippen molar-refractivity contribution < 1.29 is 65.4 Å². The lowest BCUT2D eigenvalue weighted by atomic mass is 10.1. The standard InChI is InChI=1S/C24H33FNO13P/c1-14(35-17(4)29)23(20(25)12-32-15(2)27)37-24(22(36-18(5)30)13-33-16(3)28)39-40(31)34-11-8-21(38-40)19-6-9-26-10-7-19/h6-7,9-10,14,20-24H,8,11-13H2,1-5H3/t14-,20-,21+,22+,23?,24+,40?/m0/s1. The van der Waals surface area contributed by atoms with Crippen LogP contribution in [0.1, 0.15) is 52.7 Å². The number of phosphoric acid groups is 1. The van der Waals surface area contributed by atoms with E-state index < -0.39 is 81.8 Å². The van der Waals surface area contributed by atoms with E-state index in [0.29, 0.717) is 12.0 Å². The van der Waals surface area contributed by atoms with Crippen molar-refractivity contribution in [2.45, 2.75) is 77.9 Å². The molecular formula is C24H33FNO13P. The van der Waals surface area contributed by atoms with Gasteiger partial charge in [0, 0.05) is 46.5 Å². The number of rotatable bonds is 14. The second-order valence-corrected chi connectivity index (χ2v) is 10.2. The average molecular weight is 593 g/mol. The van der Waals surface area contributed by atoms with Gasteiger partial charge < -0.3 is 23.7 Å². The molecule has 0 radical (unpaired) electrons. The molecule has 0 aromatic carbocycles. The lowest BCUT2D eigenvalue weighted by Crippen LogP contribution is -2.48. The number of hydrogen-bond donors (Lipinski definition) is 0. The third-order valence-corrected chi connectivity index (χ3v) is 6.65. The summed E-state index contributed by atoms with van der Waals surface area (Å²) in [6.45, 7) is 3.98. The molecule has 7 atom stereocenters. The topological polar surface area (TPSA) is 172 Å². The van der Waals surface area contributed by atoms with E-state index in [1.165, 1.54) is 19.3 Å². The maximum atomic E-state index is 15.3. The van der Waals surface area contributed by atoms with Gasteiger partial charge in [0.15, 0.2) is 12.3 Å². The van der Waals surface area contributed by atoms with Crippen molar-refractivity contribution in [1.29, 1.82) is 0 Å². The molecule has 0 aliphatic carbocycles.